The average molecular weight is 593 g/mol. The van der Waals surface area contributed by atoms with Crippen LogP contribution in [0.25, 0.3) is 0 Å². The minimum atomic E-state index is -3.68. The molecule has 0 fully saturated rings. The van der Waals surface area contributed by atoms with E-state index < -0.39 is 48.6 Å². The van der Waals surface area contributed by atoms with Gasteiger partial charge in [0.25, 0.3) is 14.3 Å². The molecule has 0 N–H and O–H groups in total. The van der Waals surface area contributed by atoms with Gasteiger partial charge in [-0.05, 0) is 19.5 Å². The van der Waals surface area contributed by atoms with Crippen LogP contribution in [0.15, 0.2) is 0 Å². The third-order valence-corrected chi connectivity index (χ3v) is 10.0. The van der Waals surface area contributed by atoms with E-state index in [0.717, 1.165) is 19.3 Å². The lowest BCUT2D eigenvalue weighted by molar-refractivity contribution is -0.135. The highest BCUT2D eigenvalue weighted by Gasteiger charge is 2.40. The van der Waals surface area contributed by atoms with Crippen molar-refractivity contribution in [2.75, 3.05) is 0 Å². The van der Waals surface area contributed by atoms with Crippen LogP contribution in [-0.4, -0.2) is 14.3 Å². The Morgan fingerprint density at radius 3 is 1.10 bits per heavy atom. The lowest BCUT2D eigenvalue weighted by atomic mass is 10.0. The number of carbonyl (C=O) groups excluding carboxylic acids is 1. The SMILES string of the molecule is CCCCCCCCCCCCCCCCCCCCCCCC(=O)O[Si](C)(C)c1c(F)c(F)c(F)c(F)c1F. The van der Waals surface area contributed by atoms with Crippen LogP contribution in [0.2, 0.25) is 13.1 Å². The van der Waals surface area contributed by atoms with E-state index in [0.29, 0.717) is 6.42 Å². The predicted molar refractivity (Wildman–Crippen MR) is 157 cm³/mol. The Morgan fingerprint density at radius 1 is 0.500 bits per heavy atom. The molecule has 0 amide bonds. The van der Waals surface area contributed by atoms with Gasteiger partial charge in [-0.3, -0.25) is 4.79 Å². The summed E-state index contributed by atoms with van der Waals surface area (Å²) in [5.74, 6) is -10.8. The molecule has 40 heavy (non-hydrogen) atoms. The summed E-state index contributed by atoms with van der Waals surface area (Å²) in [5, 5.41) is -1.00. The van der Waals surface area contributed by atoms with Crippen molar-refractivity contribution in [3.8, 4) is 0 Å². The number of hydrogen-bond acceptors (Lipinski definition) is 2. The third-order valence-electron chi connectivity index (χ3n) is 7.67. The second-order valence-electron chi connectivity index (χ2n) is 11.8. The van der Waals surface area contributed by atoms with Gasteiger partial charge in [-0.2, -0.15) is 0 Å². The zero-order valence-corrected chi connectivity index (χ0v) is 26.3. The second-order valence-corrected chi connectivity index (χ2v) is 15.5. The maximum atomic E-state index is 14.1. The summed E-state index contributed by atoms with van der Waals surface area (Å²) in [6.45, 7) is 4.76. The Labute approximate surface area is 241 Å². The second kappa shape index (κ2) is 21.3. The van der Waals surface area contributed by atoms with Crippen LogP contribution in [0.3, 0.4) is 0 Å². The summed E-state index contributed by atoms with van der Waals surface area (Å²) in [6, 6.07) is 0. The zero-order valence-electron chi connectivity index (χ0n) is 25.3. The molecule has 0 aliphatic carbocycles. The summed E-state index contributed by atoms with van der Waals surface area (Å²) in [7, 11) is -3.68. The van der Waals surface area contributed by atoms with Crippen molar-refractivity contribution < 1.29 is 31.2 Å². The van der Waals surface area contributed by atoms with Gasteiger partial charge in [0.05, 0.1) is 5.19 Å². The molecule has 1 aromatic rings. The zero-order chi connectivity index (χ0) is 29.8. The molecule has 0 spiro atoms. The Kier molecular flexibility index (Phi) is 19.5. The Morgan fingerprint density at radius 2 is 0.775 bits per heavy atom. The van der Waals surface area contributed by atoms with Gasteiger partial charge >= 0.3 is 0 Å². The van der Waals surface area contributed by atoms with Crippen molar-refractivity contribution in [1.82, 2.24) is 0 Å². The molecule has 0 heterocycles. The lowest BCUT2D eigenvalue weighted by Gasteiger charge is -2.24. The van der Waals surface area contributed by atoms with E-state index in [-0.39, 0.29) is 6.42 Å². The van der Waals surface area contributed by atoms with E-state index in [4.69, 9.17) is 4.43 Å². The largest absolute Gasteiger partial charge is 0.515 e. The first-order chi connectivity index (χ1) is 19.1. The Bertz CT molecular complexity index is 818. The third kappa shape index (κ3) is 14.4. The van der Waals surface area contributed by atoms with Crippen molar-refractivity contribution in [3.63, 3.8) is 0 Å². The van der Waals surface area contributed by atoms with Crippen molar-refractivity contribution >= 4 is 19.5 Å². The van der Waals surface area contributed by atoms with Gasteiger partial charge in [-0.1, -0.05) is 135 Å². The highest BCUT2D eigenvalue weighted by Crippen LogP contribution is 2.21. The van der Waals surface area contributed by atoms with Crippen molar-refractivity contribution in [1.29, 1.82) is 0 Å². The molecule has 0 atom stereocenters. The first kappa shape index (κ1) is 36.6. The average Bonchev–Trinajstić information content (AvgIpc) is 2.91. The van der Waals surface area contributed by atoms with Crippen LogP contribution in [0.4, 0.5) is 22.0 Å². The minimum absolute atomic E-state index is 0.0604. The number of rotatable bonds is 24. The molecular weight excluding hydrogens is 539 g/mol. The van der Waals surface area contributed by atoms with Crippen LogP contribution < -0.4 is 5.19 Å². The molecule has 8 heteroatoms. The molecule has 0 saturated heterocycles. The smallest absolute Gasteiger partial charge is 0.292 e. The van der Waals surface area contributed by atoms with E-state index in [1.54, 1.807) is 0 Å². The summed E-state index contributed by atoms with van der Waals surface area (Å²) in [5.41, 5.74) is 0. The number of halogens is 5. The van der Waals surface area contributed by atoms with Crippen LogP contribution in [0.5, 0.6) is 0 Å². The van der Waals surface area contributed by atoms with Crippen LogP contribution in [0, 0.1) is 29.1 Å². The molecule has 0 aliphatic rings. The van der Waals surface area contributed by atoms with E-state index >= 15 is 0 Å². The van der Waals surface area contributed by atoms with E-state index in [1.807, 2.05) is 0 Å². The fourth-order valence-corrected chi connectivity index (χ4v) is 7.27. The van der Waals surface area contributed by atoms with Gasteiger partial charge in [0.1, 0.15) is 0 Å². The van der Waals surface area contributed by atoms with Crippen molar-refractivity contribution in [2.45, 2.75) is 161 Å². The molecule has 0 radical (unpaired) electrons. The number of hydrogen-bond donors (Lipinski definition) is 0. The van der Waals surface area contributed by atoms with Gasteiger partial charge in [0.15, 0.2) is 23.3 Å². The van der Waals surface area contributed by atoms with E-state index in [9.17, 15) is 26.7 Å². The van der Waals surface area contributed by atoms with Crippen molar-refractivity contribution in [2.24, 2.45) is 0 Å². The highest BCUT2D eigenvalue weighted by molar-refractivity contribution is 6.85. The normalized spacial score (nSPS) is 11.8. The molecule has 0 bridgehead atoms. The number of carbonyl (C=O) groups is 1. The summed E-state index contributed by atoms with van der Waals surface area (Å²) >= 11 is 0. The van der Waals surface area contributed by atoms with Gasteiger partial charge in [-0.15, -0.1) is 0 Å². The molecule has 232 valence electrons. The van der Waals surface area contributed by atoms with E-state index in [1.165, 1.54) is 122 Å². The first-order valence-electron chi connectivity index (χ1n) is 15.9. The fraction of sp³-hybridized carbons (Fsp3) is 0.781. The molecular formula is C32H53F5O2Si. The topological polar surface area (TPSA) is 26.3 Å². The number of benzene rings is 1. The van der Waals surface area contributed by atoms with E-state index in [2.05, 4.69) is 6.92 Å². The monoisotopic (exact) mass is 592 g/mol. The van der Waals surface area contributed by atoms with Gasteiger partial charge in [0, 0.05) is 6.42 Å². The quantitative estimate of drug-likeness (QED) is 0.0392. The summed E-state index contributed by atoms with van der Waals surface area (Å²) < 4.78 is 73.9. The van der Waals surface area contributed by atoms with Crippen LogP contribution in [0.1, 0.15) is 148 Å². The molecule has 0 aliphatic heterocycles. The van der Waals surface area contributed by atoms with Gasteiger partial charge in [-0.25, -0.2) is 22.0 Å². The molecule has 0 unspecified atom stereocenters. The first-order valence-corrected chi connectivity index (χ1v) is 18.8. The Hall–Kier alpha value is -1.44. The maximum absolute atomic E-state index is 14.1. The maximum Gasteiger partial charge on any atom is 0.292 e. The lowest BCUT2D eigenvalue weighted by Crippen LogP contribution is -2.51. The molecule has 2 nitrogen and oxygen atoms in total. The highest BCUT2D eigenvalue weighted by atomic mass is 28.4. The summed E-state index contributed by atoms with van der Waals surface area (Å²) in [4.78, 5) is 12.2. The van der Waals surface area contributed by atoms with Crippen molar-refractivity contribution in [3.05, 3.63) is 29.1 Å². The predicted octanol–water partition coefficient (Wildman–Crippen LogP) is 10.9. The molecule has 1 aromatic carbocycles. The molecule has 0 aromatic heterocycles. The molecule has 1 rings (SSSR count). The Balaban J connectivity index is 2.00. The number of unbranched alkanes of at least 4 members (excludes halogenated alkanes) is 20. The van der Waals surface area contributed by atoms with Gasteiger partial charge < -0.3 is 4.43 Å². The standard InChI is InChI=1S/C32H53F5O2Si/c1-4-5-6-7-8-9-10-11-12-13-14-15-16-17-18-19-20-21-22-23-24-25-26(38)39-40(2,3)32-30(36)28(34)27(33)29(35)31(32)37/h4-25H2,1-3H3. The minimum Gasteiger partial charge on any atom is -0.515 e. The summed E-state index contributed by atoms with van der Waals surface area (Å²) in [6.07, 6.45) is 26.4. The van der Waals surface area contributed by atoms with Crippen LogP contribution in [-0.2, 0) is 9.22 Å². The molecule has 0 saturated carbocycles. The fourth-order valence-electron chi connectivity index (χ4n) is 5.22. The van der Waals surface area contributed by atoms with Gasteiger partial charge in [0.2, 0.25) is 5.82 Å². The van der Waals surface area contributed by atoms with Crippen LogP contribution >= 0.6 is 0 Å².